The number of hydrogen-bond donors (Lipinski definition) is 0. The van der Waals surface area contributed by atoms with E-state index >= 15 is 0 Å². The lowest BCUT2D eigenvalue weighted by Gasteiger charge is -2.44. The van der Waals surface area contributed by atoms with Crippen LogP contribution >= 0.6 is 0 Å². The van der Waals surface area contributed by atoms with Crippen LogP contribution < -0.4 is 4.74 Å². The van der Waals surface area contributed by atoms with Crippen molar-refractivity contribution < 1.29 is 32.3 Å². The molecule has 1 amide bonds. The number of rotatable bonds is 7. The summed E-state index contributed by atoms with van der Waals surface area (Å²) in [7, 11) is -3.32. The van der Waals surface area contributed by atoms with Crippen LogP contribution in [0, 0.1) is 0 Å². The van der Waals surface area contributed by atoms with Crippen molar-refractivity contribution in [2.24, 2.45) is 0 Å². The highest BCUT2D eigenvalue weighted by molar-refractivity contribution is 7.89. The molecule has 0 saturated carbocycles. The van der Waals surface area contributed by atoms with Crippen molar-refractivity contribution in [1.82, 2.24) is 4.90 Å². The fraction of sp³-hybridized carbons (Fsp3) is 0.387. The number of sulfone groups is 1. The zero-order valence-electron chi connectivity index (χ0n) is 28.0. The first-order valence-electron chi connectivity index (χ1n) is 16.1. The van der Waals surface area contributed by atoms with E-state index in [4.69, 9.17) is 19.1 Å². The van der Waals surface area contributed by atoms with E-state index in [-0.39, 0.29) is 24.6 Å². The number of piperidine rings is 1. The maximum absolute atomic E-state index is 12.7. The van der Waals surface area contributed by atoms with Gasteiger partial charge < -0.3 is 14.4 Å². The molecule has 38 heavy (non-hydrogen) atoms. The summed E-state index contributed by atoms with van der Waals surface area (Å²) >= 11 is 0. The molecule has 2 aliphatic rings. The van der Waals surface area contributed by atoms with Crippen LogP contribution in [0.5, 0.6) is 5.75 Å². The number of likely N-dealkylation sites (tertiary alicyclic amines) is 1. The first-order chi connectivity index (χ1) is 21.0. The zero-order valence-corrected chi connectivity index (χ0v) is 21.8. The topological polar surface area (TPSA) is 72.9 Å². The van der Waals surface area contributed by atoms with Crippen LogP contribution in [0.15, 0.2) is 72.8 Å². The van der Waals surface area contributed by atoms with Gasteiger partial charge in [-0.05, 0) is 59.2 Å². The smallest absolute Gasteiger partial charge is 0.409 e. The molecule has 1 saturated heterocycles. The van der Waals surface area contributed by atoms with E-state index in [0.29, 0.717) is 19.3 Å². The second-order valence-corrected chi connectivity index (χ2v) is 12.0. The normalized spacial score (nSPS) is 20.3. The molecule has 0 atom stereocenters. The molecular formula is C31H35NO5S. The van der Waals surface area contributed by atoms with E-state index in [1.54, 1.807) is 12.1 Å². The highest BCUT2D eigenvalue weighted by Gasteiger charge is 2.40. The molecule has 1 fully saturated rings. The number of amides is 1. The predicted molar refractivity (Wildman–Crippen MR) is 149 cm³/mol. The van der Waals surface area contributed by atoms with Gasteiger partial charge in [-0.15, -0.1) is 0 Å². The van der Waals surface area contributed by atoms with Crippen LogP contribution in [0.3, 0.4) is 0 Å². The zero-order chi connectivity index (χ0) is 32.7. The van der Waals surface area contributed by atoms with Gasteiger partial charge in [0.15, 0.2) is 9.84 Å². The van der Waals surface area contributed by atoms with Gasteiger partial charge in [0, 0.05) is 32.8 Å². The molecule has 0 unspecified atom stereocenters. The van der Waals surface area contributed by atoms with Crippen molar-refractivity contribution in [3.8, 4) is 16.9 Å². The molecule has 3 aromatic carbocycles. The van der Waals surface area contributed by atoms with Gasteiger partial charge in [-0.3, -0.25) is 0 Å². The summed E-state index contributed by atoms with van der Waals surface area (Å²) in [6.07, 6.45) is -2.14. The minimum Gasteiger partial charge on any atom is -0.487 e. The first-order valence-corrected chi connectivity index (χ1v) is 14.5. The Hall–Kier alpha value is -3.32. The molecule has 0 N–H and O–H groups in total. The molecule has 2 aliphatic heterocycles. The van der Waals surface area contributed by atoms with Crippen LogP contribution in [-0.2, 0) is 32.5 Å². The molecule has 0 aliphatic carbocycles. The van der Waals surface area contributed by atoms with Gasteiger partial charge in [-0.2, -0.15) is 0 Å². The van der Waals surface area contributed by atoms with Gasteiger partial charge in [-0.25, -0.2) is 13.2 Å². The highest BCUT2D eigenvalue weighted by Crippen LogP contribution is 2.41. The number of nitrogens with zero attached hydrogens (tertiary/aromatic N) is 1. The van der Waals surface area contributed by atoms with E-state index in [1.807, 2.05) is 54.6 Å². The van der Waals surface area contributed by atoms with Crippen molar-refractivity contribution in [2.75, 3.05) is 19.6 Å². The molecule has 0 aromatic heterocycles. The Kier molecular flexibility index (Phi) is 5.55. The molecule has 6 nitrogen and oxygen atoms in total. The van der Waals surface area contributed by atoms with Crippen LogP contribution in [0.4, 0.5) is 4.79 Å². The number of carbonyl (C=O) groups is 1. The Morgan fingerprint density at radius 3 is 2.37 bits per heavy atom. The average molecular weight is 541 g/mol. The Morgan fingerprint density at radius 2 is 1.66 bits per heavy atom. The van der Waals surface area contributed by atoms with Gasteiger partial charge in [-0.1, -0.05) is 67.5 Å². The van der Waals surface area contributed by atoms with Gasteiger partial charge in [0.2, 0.25) is 0 Å². The van der Waals surface area contributed by atoms with E-state index in [1.165, 1.54) is 4.90 Å². The van der Waals surface area contributed by atoms with Crippen molar-refractivity contribution in [3.63, 3.8) is 0 Å². The fourth-order valence-electron chi connectivity index (χ4n) is 5.21. The number of benzene rings is 3. The lowest BCUT2D eigenvalue weighted by atomic mass is 9.82. The third-order valence-corrected chi connectivity index (χ3v) is 8.81. The van der Waals surface area contributed by atoms with Crippen molar-refractivity contribution in [3.05, 3.63) is 89.5 Å². The molecule has 5 rings (SSSR count). The minimum atomic E-state index is -3.38. The number of aryl methyl sites for hydroxylation is 1. The molecule has 0 bridgehead atoms. The highest BCUT2D eigenvalue weighted by atomic mass is 32.2. The summed E-state index contributed by atoms with van der Waals surface area (Å²) in [5, 5.41) is 0. The van der Waals surface area contributed by atoms with E-state index in [0.717, 1.165) is 40.0 Å². The van der Waals surface area contributed by atoms with E-state index in [2.05, 4.69) is 6.07 Å². The van der Waals surface area contributed by atoms with Crippen molar-refractivity contribution in [2.45, 2.75) is 56.0 Å². The van der Waals surface area contributed by atoms with Crippen molar-refractivity contribution in [1.29, 1.82) is 0 Å². The second kappa shape index (κ2) is 11.2. The SMILES string of the molecule is [2H]C([2H])([2H])C([2H])([2H])C([2H])([2H])OC(=O)N1CCC2(CCc3cc(-c4ccc(CS(=O)(=O)Cc5ccccc5)cc4)ccc3O2)CC1. The maximum Gasteiger partial charge on any atom is 0.409 e. The van der Waals surface area contributed by atoms with Crippen LogP contribution in [0.25, 0.3) is 11.1 Å². The lowest BCUT2D eigenvalue weighted by molar-refractivity contribution is -0.0142. The third-order valence-electron chi connectivity index (χ3n) is 7.26. The first kappa shape index (κ1) is 18.9. The number of hydrogen-bond acceptors (Lipinski definition) is 5. The number of ether oxygens (including phenoxy) is 2. The van der Waals surface area contributed by atoms with Crippen LogP contribution in [0.1, 0.15) is 58.8 Å². The van der Waals surface area contributed by atoms with Crippen LogP contribution in [0.2, 0.25) is 0 Å². The lowest BCUT2D eigenvalue weighted by Crippen LogP contribution is -2.51. The maximum atomic E-state index is 12.7. The Labute approximate surface area is 235 Å². The largest absolute Gasteiger partial charge is 0.487 e. The number of fused-ring (bicyclic) bond motifs is 1. The monoisotopic (exact) mass is 540 g/mol. The molecule has 3 aromatic rings. The summed E-state index contributed by atoms with van der Waals surface area (Å²) in [6.45, 7) is -6.29. The summed E-state index contributed by atoms with van der Waals surface area (Å²) in [5.74, 6) is 0.695. The van der Waals surface area contributed by atoms with Gasteiger partial charge in [0.25, 0.3) is 0 Å². The quantitative estimate of drug-likeness (QED) is 0.358. The second-order valence-electron chi connectivity index (χ2n) is 9.90. The van der Waals surface area contributed by atoms with Crippen molar-refractivity contribution >= 4 is 15.9 Å². The summed E-state index contributed by atoms with van der Waals surface area (Å²) in [6, 6.07) is 22.6. The van der Waals surface area contributed by atoms with Gasteiger partial charge in [0.05, 0.1) is 20.8 Å². The summed E-state index contributed by atoms with van der Waals surface area (Å²) < 4.78 is 89.3. The average Bonchev–Trinajstić information content (AvgIpc) is 2.97. The Bertz CT molecular complexity index is 1640. The van der Waals surface area contributed by atoms with Gasteiger partial charge in [0.1, 0.15) is 11.4 Å². The predicted octanol–water partition coefficient (Wildman–Crippen LogP) is 6.17. The third kappa shape index (κ3) is 6.21. The molecule has 7 heteroatoms. The minimum absolute atomic E-state index is 0.00753. The van der Waals surface area contributed by atoms with Gasteiger partial charge >= 0.3 is 6.09 Å². The van der Waals surface area contributed by atoms with E-state index < -0.39 is 41.3 Å². The number of carbonyl (C=O) groups excluding carboxylic acids is 1. The van der Waals surface area contributed by atoms with Crippen LogP contribution in [-0.4, -0.2) is 44.7 Å². The Morgan fingerprint density at radius 1 is 0.974 bits per heavy atom. The standard InChI is InChI=1S/C31H35NO5S/c1-2-20-36-30(33)32-18-16-31(17-19-32)15-14-28-21-27(12-13-29(28)37-31)26-10-8-25(9-11-26)23-38(34,35)22-24-6-4-3-5-7-24/h3-13,21H,2,14-20,22-23H2,1H3/i1D3,2D2,20D2. The molecule has 1 spiro atoms. The summed E-state index contributed by atoms with van der Waals surface area (Å²) in [5.41, 5.74) is 3.94. The molecular weight excluding hydrogens is 498 g/mol. The van der Waals surface area contributed by atoms with E-state index in [9.17, 15) is 13.2 Å². The fourth-order valence-corrected chi connectivity index (χ4v) is 6.71. The molecule has 2 heterocycles. The molecule has 0 radical (unpaired) electrons. The Balaban J connectivity index is 1.18. The molecule has 200 valence electrons. The summed E-state index contributed by atoms with van der Waals surface area (Å²) in [4.78, 5) is 13.9.